The van der Waals surface area contributed by atoms with Crippen LogP contribution in [0.1, 0.15) is 23.3 Å². The zero-order valence-corrected chi connectivity index (χ0v) is 10.7. The van der Waals surface area contributed by atoms with Gasteiger partial charge in [-0.05, 0) is 44.5 Å². The normalized spacial score (nSPS) is 16.8. The number of carbonyl (C=O) groups is 1. The monoisotopic (exact) mass is 248 g/mol. The van der Waals surface area contributed by atoms with Crippen molar-refractivity contribution in [1.29, 1.82) is 0 Å². The van der Waals surface area contributed by atoms with Gasteiger partial charge in [0.05, 0.1) is 0 Å². The summed E-state index contributed by atoms with van der Waals surface area (Å²) in [5.41, 5.74) is 5.58. The van der Waals surface area contributed by atoms with Crippen LogP contribution in [0.2, 0.25) is 0 Å². The first-order valence-corrected chi connectivity index (χ1v) is 6.37. The van der Waals surface area contributed by atoms with Crippen LogP contribution in [0, 0.1) is 5.92 Å². The van der Waals surface area contributed by atoms with E-state index in [2.05, 4.69) is 15.2 Å². The number of nitrogens with one attached hydrogen (secondary N) is 1. The second kappa shape index (κ2) is 5.82. The number of carbonyl (C=O) groups excluding carboxylic acids is 1. The summed E-state index contributed by atoms with van der Waals surface area (Å²) in [7, 11) is 1.99. The van der Waals surface area contributed by atoms with Crippen molar-refractivity contribution in [2.45, 2.75) is 12.8 Å². The molecule has 0 unspecified atom stereocenters. The largest absolute Gasteiger partial charge is 0.364 e. The molecule has 1 aromatic rings. The summed E-state index contributed by atoms with van der Waals surface area (Å²) in [5.74, 6) is 1.13. The zero-order valence-electron chi connectivity index (χ0n) is 10.7. The van der Waals surface area contributed by atoms with E-state index in [1.807, 2.05) is 19.2 Å². The maximum Gasteiger partial charge on any atom is 0.267 e. The quantitative estimate of drug-likeness (QED) is 0.819. The molecule has 5 heteroatoms. The molecule has 0 radical (unpaired) electrons. The highest BCUT2D eigenvalue weighted by molar-refractivity contribution is 5.91. The maximum absolute atomic E-state index is 11.1. The predicted molar refractivity (Wildman–Crippen MR) is 71.6 cm³/mol. The number of primary amides is 1. The second-order valence-electron chi connectivity index (χ2n) is 4.73. The van der Waals surface area contributed by atoms with Crippen LogP contribution >= 0.6 is 0 Å². The molecule has 0 bridgehead atoms. The van der Waals surface area contributed by atoms with E-state index < -0.39 is 5.91 Å². The minimum absolute atomic E-state index is 0.338. The van der Waals surface area contributed by atoms with Gasteiger partial charge in [-0.2, -0.15) is 0 Å². The summed E-state index contributed by atoms with van der Waals surface area (Å²) in [6.07, 6.45) is 2.31. The number of aromatic nitrogens is 1. The molecule has 0 atom stereocenters. The first-order valence-electron chi connectivity index (χ1n) is 6.37. The first-order chi connectivity index (χ1) is 8.70. The van der Waals surface area contributed by atoms with Gasteiger partial charge >= 0.3 is 0 Å². The zero-order chi connectivity index (χ0) is 13.0. The van der Waals surface area contributed by atoms with Gasteiger partial charge in [0.15, 0.2) is 0 Å². The minimum Gasteiger partial charge on any atom is -0.364 e. The van der Waals surface area contributed by atoms with Crippen molar-refractivity contribution in [1.82, 2.24) is 10.3 Å². The van der Waals surface area contributed by atoms with Gasteiger partial charge in [0.1, 0.15) is 11.5 Å². The molecule has 0 spiro atoms. The summed E-state index contributed by atoms with van der Waals surface area (Å²) in [6, 6.07) is 5.42. The number of nitrogens with two attached hydrogens (primary N) is 1. The van der Waals surface area contributed by atoms with Crippen molar-refractivity contribution in [3.63, 3.8) is 0 Å². The van der Waals surface area contributed by atoms with Crippen molar-refractivity contribution in [2.75, 3.05) is 31.6 Å². The van der Waals surface area contributed by atoms with Crippen LogP contribution in [0.3, 0.4) is 0 Å². The van der Waals surface area contributed by atoms with Crippen LogP contribution in [-0.2, 0) is 0 Å². The lowest BCUT2D eigenvalue weighted by Crippen LogP contribution is -2.37. The summed E-state index contributed by atoms with van der Waals surface area (Å²) < 4.78 is 0. The summed E-state index contributed by atoms with van der Waals surface area (Å²) in [4.78, 5) is 17.6. The molecule has 0 saturated carbocycles. The van der Waals surface area contributed by atoms with E-state index in [4.69, 9.17) is 5.73 Å². The second-order valence-corrected chi connectivity index (χ2v) is 4.73. The van der Waals surface area contributed by atoms with E-state index in [1.165, 1.54) is 0 Å². The highest BCUT2D eigenvalue weighted by Crippen LogP contribution is 2.21. The standard InChI is InChI=1S/C13H20N4O/c1-15-9-10-5-7-17(8-6-10)12-4-2-3-11(16-12)13(14)18/h2-4,10,15H,5-9H2,1H3,(H2,14,18). The Kier molecular flexibility index (Phi) is 4.15. The number of pyridine rings is 1. The fraction of sp³-hybridized carbons (Fsp3) is 0.538. The number of rotatable bonds is 4. The maximum atomic E-state index is 11.1. The highest BCUT2D eigenvalue weighted by atomic mass is 16.1. The molecule has 0 aliphatic carbocycles. The smallest absolute Gasteiger partial charge is 0.267 e. The third-order valence-corrected chi connectivity index (χ3v) is 3.42. The lowest BCUT2D eigenvalue weighted by Gasteiger charge is -2.32. The molecular weight excluding hydrogens is 228 g/mol. The average molecular weight is 248 g/mol. The molecule has 0 aromatic carbocycles. The minimum atomic E-state index is -0.470. The van der Waals surface area contributed by atoms with Crippen molar-refractivity contribution in [3.05, 3.63) is 23.9 Å². The van der Waals surface area contributed by atoms with E-state index in [-0.39, 0.29) is 0 Å². The van der Waals surface area contributed by atoms with Crippen molar-refractivity contribution >= 4 is 11.7 Å². The van der Waals surface area contributed by atoms with Gasteiger partial charge in [0, 0.05) is 13.1 Å². The fourth-order valence-corrected chi connectivity index (χ4v) is 2.39. The van der Waals surface area contributed by atoms with Crippen molar-refractivity contribution < 1.29 is 4.79 Å². The Labute approximate surface area is 107 Å². The van der Waals surface area contributed by atoms with E-state index in [1.54, 1.807) is 6.07 Å². The Balaban J connectivity index is 2.01. The summed E-state index contributed by atoms with van der Waals surface area (Å²) in [6.45, 7) is 3.05. The molecule has 5 nitrogen and oxygen atoms in total. The average Bonchev–Trinajstić information content (AvgIpc) is 2.40. The highest BCUT2D eigenvalue weighted by Gasteiger charge is 2.19. The Morgan fingerprint density at radius 3 is 2.83 bits per heavy atom. The molecule has 2 rings (SSSR count). The van der Waals surface area contributed by atoms with Crippen LogP contribution in [0.5, 0.6) is 0 Å². The Morgan fingerprint density at radius 1 is 1.50 bits per heavy atom. The van der Waals surface area contributed by atoms with Crippen molar-refractivity contribution in [3.8, 4) is 0 Å². The van der Waals surface area contributed by atoms with Crippen molar-refractivity contribution in [2.24, 2.45) is 11.7 Å². The molecule has 1 aliphatic rings. The van der Waals surface area contributed by atoms with E-state index in [0.717, 1.165) is 44.2 Å². The molecule has 1 fully saturated rings. The molecule has 1 aliphatic heterocycles. The van der Waals surface area contributed by atoms with Crippen LogP contribution < -0.4 is 16.0 Å². The molecule has 18 heavy (non-hydrogen) atoms. The molecule has 1 saturated heterocycles. The number of anilines is 1. The number of hydrogen-bond acceptors (Lipinski definition) is 4. The molecule has 98 valence electrons. The van der Waals surface area contributed by atoms with Gasteiger partial charge in [0.2, 0.25) is 0 Å². The van der Waals surface area contributed by atoms with Gasteiger partial charge in [0.25, 0.3) is 5.91 Å². The number of amides is 1. The third kappa shape index (κ3) is 2.98. The summed E-state index contributed by atoms with van der Waals surface area (Å²) >= 11 is 0. The van der Waals surface area contributed by atoms with Gasteiger partial charge in [-0.1, -0.05) is 6.07 Å². The summed E-state index contributed by atoms with van der Waals surface area (Å²) in [5, 5.41) is 3.22. The Hall–Kier alpha value is -1.62. The van der Waals surface area contributed by atoms with Gasteiger partial charge in [-0.25, -0.2) is 4.98 Å². The van der Waals surface area contributed by atoms with E-state index in [0.29, 0.717) is 5.69 Å². The molecule has 2 heterocycles. The molecule has 1 amide bonds. The van der Waals surface area contributed by atoms with E-state index in [9.17, 15) is 4.79 Å². The topological polar surface area (TPSA) is 71.2 Å². The van der Waals surface area contributed by atoms with Gasteiger partial charge in [-0.15, -0.1) is 0 Å². The van der Waals surface area contributed by atoms with Gasteiger partial charge in [-0.3, -0.25) is 4.79 Å². The molecule has 3 N–H and O–H groups in total. The molecular formula is C13H20N4O. The lowest BCUT2D eigenvalue weighted by atomic mass is 9.97. The Bertz CT molecular complexity index is 413. The van der Waals surface area contributed by atoms with Crippen LogP contribution in [0.15, 0.2) is 18.2 Å². The van der Waals surface area contributed by atoms with Crippen LogP contribution in [0.4, 0.5) is 5.82 Å². The Morgan fingerprint density at radius 2 is 2.22 bits per heavy atom. The fourth-order valence-electron chi connectivity index (χ4n) is 2.39. The van der Waals surface area contributed by atoms with Crippen LogP contribution in [0.25, 0.3) is 0 Å². The van der Waals surface area contributed by atoms with Gasteiger partial charge < -0.3 is 16.0 Å². The first kappa shape index (κ1) is 12.8. The predicted octanol–water partition coefficient (Wildman–Crippen LogP) is 0.616. The van der Waals surface area contributed by atoms with Crippen LogP contribution in [-0.4, -0.2) is 37.6 Å². The van der Waals surface area contributed by atoms with E-state index >= 15 is 0 Å². The SMILES string of the molecule is CNCC1CCN(c2cccc(C(N)=O)n2)CC1. The number of hydrogen-bond donors (Lipinski definition) is 2. The number of piperidine rings is 1. The lowest BCUT2D eigenvalue weighted by molar-refractivity contribution is 0.0995. The molecule has 1 aromatic heterocycles. The number of nitrogens with zero attached hydrogens (tertiary/aromatic N) is 2. The third-order valence-electron chi connectivity index (χ3n) is 3.42.